The fraction of sp³-hybridized carbons (Fsp3) is 0.368. The standard InChI is InChI=1S/C19H20F3N3O4S/c1-11-3-4-14(9-13(11)10-15(26)27)30(28,29)25-7-5-24(6-8-25)19-18(22)17(21)16(20)12(2)23-19/h3-4,9H,5-8,10H2,1-2H3,(H,26,27). The Morgan fingerprint density at radius 3 is 2.30 bits per heavy atom. The summed E-state index contributed by atoms with van der Waals surface area (Å²) in [6, 6.07) is 4.29. The summed E-state index contributed by atoms with van der Waals surface area (Å²) in [6.07, 6.45) is -0.302. The highest BCUT2D eigenvalue weighted by Gasteiger charge is 2.31. The van der Waals surface area contributed by atoms with E-state index >= 15 is 0 Å². The van der Waals surface area contributed by atoms with Crippen LogP contribution >= 0.6 is 0 Å². The molecule has 162 valence electrons. The number of carbonyl (C=O) groups is 1. The Balaban J connectivity index is 1.80. The van der Waals surface area contributed by atoms with Crippen molar-refractivity contribution >= 4 is 21.8 Å². The van der Waals surface area contributed by atoms with Crippen molar-refractivity contribution in [2.24, 2.45) is 0 Å². The molecule has 1 aromatic carbocycles. The highest BCUT2D eigenvalue weighted by atomic mass is 32.2. The monoisotopic (exact) mass is 443 g/mol. The molecule has 3 rings (SSSR count). The molecule has 1 N–H and O–H groups in total. The number of hydrogen-bond acceptors (Lipinski definition) is 5. The van der Waals surface area contributed by atoms with Crippen LogP contribution in [0.2, 0.25) is 0 Å². The smallest absolute Gasteiger partial charge is 0.307 e. The number of carboxylic acids is 1. The number of sulfonamides is 1. The van der Waals surface area contributed by atoms with Gasteiger partial charge in [-0.25, -0.2) is 22.2 Å². The van der Waals surface area contributed by atoms with Crippen molar-refractivity contribution in [3.63, 3.8) is 0 Å². The van der Waals surface area contributed by atoms with E-state index in [9.17, 15) is 26.4 Å². The van der Waals surface area contributed by atoms with Gasteiger partial charge in [-0.1, -0.05) is 6.07 Å². The quantitative estimate of drug-likeness (QED) is 0.763. The van der Waals surface area contributed by atoms with Crippen molar-refractivity contribution < 1.29 is 31.5 Å². The molecule has 30 heavy (non-hydrogen) atoms. The van der Waals surface area contributed by atoms with E-state index in [0.29, 0.717) is 11.1 Å². The van der Waals surface area contributed by atoms with Gasteiger partial charge >= 0.3 is 5.97 Å². The van der Waals surface area contributed by atoms with Crippen LogP contribution in [0.5, 0.6) is 0 Å². The Morgan fingerprint density at radius 1 is 1.07 bits per heavy atom. The maximum Gasteiger partial charge on any atom is 0.307 e. The van der Waals surface area contributed by atoms with E-state index in [2.05, 4.69) is 4.98 Å². The second-order valence-electron chi connectivity index (χ2n) is 7.01. The molecule has 0 saturated carbocycles. The van der Waals surface area contributed by atoms with Crippen LogP contribution in [-0.2, 0) is 21.2 Å². The van der Waals surface area contributed by atoms with Gasteiger partial charge in [-0.05, 0) is 37.1 Å². The van der Waals surface area contributed by atoms with Crippen LogP contribution in [0.4, 0.5) is 19.0 Å². The van der Waals surface area contributed by atoms with Crippen LogP contribution in [0.1, 0.15) is 16.8 Å². The summed E-state index contributed by atoms with van der Waals surface area (Å²) in [7, 11) is -3.91. The number of aliphatic carboxylic acids is 1. The van der Waals surface area contributed by atoms with Gasteiger partial charge in [0.2, 0.25) is 15.8 Å². The summed E-state index contributed by atoms with van der Waals surface area (Å²) in [5.41, 5.74) is 0.770. The first-order chi connectivity index (χ1) is 14.0. The number of hydrogen-bond donors (Lipinski definition) is 1. The molecule has 0 aliphatic carbocycles. The van der Waals surface area contributed by atoms with Gasteiger partial charge in [-0.3, -0.25) is 4.79 Å². The molecule has 7 nitrogen and oxygen atoms in total. The fourth-order valence-corrected chi connectivity index (χ4v) is 4.74. The number of rotatable bonds is 5. The van der Waals surface area contributed by atoms with Gasteiger partial charge in [0.25, 0.3) is 0 Å². The maximum atomic E-state index is 14.1. The maximum absolute atomic E-state index is 14.1. The number of carboxylic acid groups (broad SMARTS) is 1. The average Bonchev–Trinajstić information content (AvgIpc) is 2.70. The van der Waals surface area contributed by atoms with Crippen molar-refractivity contribution in [2.45, 2.75) is 25.2 Å². The van der Waals surface area contributed by atoms with Crippen molar-refractivity contribution in [3.8, 4) is 0 Å². The number of aryl methyl sites for hydroxylation is 2. The third-order valence-corrected chi connectivity index (χ3v) is 6.91. The number of pyridine rings is 1. The third-order valence-electron chi connectivity index (χ3n) is 5.01. The molecule has 11 heteroatoms. The van der Waals surface area contributed by atoms with Crippen molar-refractivity contribution in [1.29, 1.82) is 0 Å². The zero-order valence-electron chi connectivity index (χ0n) is 16.3. The summed E-state index contributed by atoms with van der Waals surface area (Å²) < 4.78 is 68.4. The minimum absolute atomic E-state index is 0.0242. The highest BCUT2D eigenvalue weighted by molar-refractivity contribution is 7.89. The Morgan fingerprint density at radius 2 is 1.70 bits per heavy atom. The van der Waals surface area contributed by atoms with Crippen LogP contribution < -0.4 is 4.90 Å². The molecule has 1 aliphatic heterocycles. The minimum Gasteiger partial charge on any atom is -0.481 e. The molecule has 0 bridgehead atoms. The summed E-state index contributed by atoms with van der Waals surface area (Å²) in [4.78, 5) is 16.1. The van der Waals surface area contributed by atoms with E-state index in [1.54, 1.807) is 13.0 Å². The number of anilines is 1. The molecule has 2 aromatic rings. The number of nitrogens with zero attached hydrogens (tertiary/aromatic N) is 3. The molecule has 1 fully saturated rings. The van der Waals surface area contributed by atoms with E-state index in [1.807, 2.05) is 0 Å². The SMILES string of the molecule is Cc1ccc(S(=O)(=O)N2CCN(c3nc(C)c(F)c(F)c3F)CC2)cc1CC(=O)O. The highest BCUT2D eigenvalue weighted by Crippen LogP contribution is 2.26. The Labute approximate surface area is 171 Å². The Bertz CT molecular complexity index is 1100. The number of piperazine rings is 1. The topological polar surface area (TPSA) is 90.8 Å². The van der Waals surface area contributed by atoms with Crippen LogP contribution in [-0.4, -0.2) is 55.0 Å². The van der Waals surface area contributed by atoms with Gasteiger partial charge in [0, 0.05) is 26.2 Å². The molecule has 0 radical (unpaired) electrons. The number of halogens is 3. The second kappa shape index (κ2) is 8.23. The normalized spacial score (nSPS) is 15.4. The van der Waals surface area contributed by atoms with Gasteiger partial charge < -0.3 is 10.0 Å². The molecule has 0 atom stereocenters. The van der Waals surface area contributed by atoms with Gasteiger partial charge in [0.1, 0.15) is 0 Å². The van der Waals surface area contributed by atoms with Crippen LogP contribution in [0.15, 0.2) is 23.1 Å². The van der Waals surface area contributed by atoms with Crippen LogP contribution in [0.25, 0.3) is 0 Å². The largest absolute Gasteiger partial charge is 0.481 e. The molecule has 0 unspecified atom stereocenters. The zero-order chi connectivity index (χ0) is 22.2. The first-order valence-electron chi connectivity index (χ1n) is 9.10. The van der Waals surface area contributed by atoms with Gasteiger partial charge in [-0.15, -0.1) is 0 Å². The van der Waals surface area contributed by atoms with Crippen LogP contribution in [0, 0.1) is 31.3 Å². The second-order valence-corrected chi connectivity index (χ2v) is 8.95. The summed E-state index contributed by atoms with van der Waals surface area (Å²) in [5, 5.41) is 9.00. The molecule has 1 aliphatic rings. The van der Waals surface area contributed by atoms with E-state index < -0.39 is 33.4 Å². The van der Waals surface area contributed by atoms with E-state index in [-0.39, 0.29) is 49.0 Å². The lowest BCUT2D eigenvalue weighted by Crippen LogP contribution is -2.49. The lowest BCUT2D eigenvalue weighted by Gasteiger charge is -2.35. The lowest BCUT2D eigenvalue weighted by molar-refractivity contribution is -0.136. The van der Waals surface area contributed by atoms with Crippen molar-refractivity contribution in [3.05, 3.63) is 52.5 Å². The van der Waals surface area contributed by atoms with E-state index in [1.165, 1.54) is 28.3 Å². The Kier molecular flexibility index (Phi) is 6.04. The predicted octanol–water partition coefficient (Wildman–Crippen LogP) is 2.25. The molecule has 0 amide bonds. The first kappa shape index (κ1) is 22.0. The van der Waals surface area contributed by atoms with Crippen LogP contribution in [0.3, 0.4) is 0 Å². The number of benzene rings is 1. The summed E-state index contributed by atoms with van der Waals surface area (Å²) in [5.74, 6) is -5.81. The average molecular weight is 443 g/mol. The molecule has 1 saturated heterocycles. The predicted molar refractivity (Wildman–Crippen MR) is 102 cm³/mol. The van der Waals surface area contributed by atoms with E-state index in [0.717, 1.165) is 0 Å². The van der Waals surface area contributed by atoms with Crippen molar-refractivity contribution in [2.75, 3.05) is 31.1 Å². The van der Waals surface area contributed by atoms with Crippen molar-refractivity contribution in [1.82, 2.24) is 9.29 Å². The Hall–Kier alpha value is -2.66. The molecular weight excluding hydrogens is 423 g/mol. The third kappa shape index (κ3) is 4.12. The van der Waals surface area contributed by atoms with Gasteiger partial charge in [-0.2, -0.15) is 8.70 Å². The summed E-state index contributed by atoms with van der Waals surface area (Å²) in [6.45, 7) is 2.92. The number of aromatic nitrogens is 1. The fourth-order valence-electron chi connectivity index (χ4n) is 3.27. The lowest BCUT2D eigenvalue weighted by atomic mass is 10.1. The molecular formula is C19H20F3N3O4S. The first-order valence-corrected chi connectivity index (χ1v) is 10.5. The van der Waals surface area contributed by atoms with Gasteiger partial charge in [0.15, 0.2) is 17.5 Å². The molecule has 1 aromatic heterocycles. The molecule has 0 spiro atoms. The summed E-state index contributed by atoms with van der Waals surface area (Å²) >= 11 is 0. The molecule has 2 heterocycles. The van der Waals surface area contributed by atoms with Gasteiger partial charge in [0.05, 0.1) is 17.0 Å². The zero-order valence-corrected chi connectivity index (χ0v) is 17.1. The van der Waals surface area contributed by atoms with E-state index in [4.69, 9.17) is 5.11 Å². The minimum atomic E-state index is -3.91.